The molecule has 0 spiro atoms. The number of carbonyl (C=O) groups is 2. The number of nitrogens with one attached hydrogen (secondary N) is 1. The molecule has 0 atom stereocenters. The Morgan fingerprint density at radius 1 is 1.40 bits per heavy atom. The molecule has 0 bridgehead atoms. The second kappa shape index (κ2) is 8.16. The van der Waals surface area contributed by atoms with Crippen molar-refractivity contribution >= 4 is 12.0 Å². The number of aryl methyl sites for hydroxylation is 1. The van der Waals surface area contributed by atoms with Crippen molar-refractivity contribution in [1.29, 1.82) is 0 Å². The number of amides is 2. The number of hydrogen-bond acceptors (Lipinski definition) is 3. The number of nitrogens with zero attached hydrogens (tertiary/aromatic N) is 1. The minimum atomic E-state index is -1.02. The van der Waals surface area contributed by atoms with E-state index in [1.54, 1.807) is 11.9 Å². The summed E-state index contributed by atoms with van der Waals surface area (Å²) < 4.78 is 4.83. The van der Waals surface area contributed by atoms with Crippen molar-refractivity contribution in [3.8, 4) is 0 Å². The van der Waals surface area contributed by atoms with Crippen LogP contribution in [0.2, 0.25) is 0 Å². The van der Waals surface area contributed by atoms with Gasteiger partial charge in [0.2, 0.25) is 0 Å². The smallest absolute Gasteiger partial charge is 0.329 e. The Morgan fingerprint density at radius 3 is 2.80 bits per heavy atom. The highest BCUT2D eigenvalue weighted by atomic mass is 16.5. The average Bonchev–Trinajstić information content (AvgIpc) is 2.37. The summed E-state index contributed by atoms with van der Waals surface area (Å²) in [5, 5.41) is 11.0. The molecule has 20 heavy (non-hydrogen) atoms. The van der Waals surface area contributed by atoms with Crippen molar-refractivity contribution in [2.75, 3.05) is 26.8 Å². The van der Waals surface area contributed by atoms with Crippen molar-refractivity contribution in [2.45, 2.75) is 13.5 Å². The van der Waals surface area contributed by atoms with Crippen LogP contribution >= 0.6 is 0 Å². The van der Waals surface area contributed by atoms with Crippen molar-refractivity contribution in [3.05, 3.63) is 35.4 Å². The largest absolute Gasteiger partial charge is 0.480 e. The number of carboxylic acids is 1. The first-order valence-electron chi connectivity index (χ1n) is 6.33. The summed E-state index contributed by atoms with van der Waals surface area (Å²) in [6.07, 6.45) is 0. The van der Waals surface area contributed by atoms with Gasteiger partial charge in [-0.1, -0.05) is 29.8 Å². The number of rotatable bonds is 7. The highest BCUT2D eigenvalue weighted by Crippen LogP contribution is 2.06. The van der Waals surface area contributed by atoms with E-state index >= 15 is 0 Å². The molecule has 0 aliphatic carbocycles. The lowest BCUT2D eigenvalue weighted by molar-refractivity contribution is -0.142. The number of ether oxygens (including phenoxy) is 1. The maximum Gasteiger partial charge on any atom is 0.329 e. The number of carboxylic acid groups (broad SMARTS) is 1. The van der Waals surface area contributed by atoms with Gasteiger partial charge in [0.25, 0.3) is 0 Å². The van der Waals surface area contributed by atoms with Crippen LogP contribution in [0.25, 0.3) is 0 Å². The molecule has 0 saturated carbocycles. The van der Waals surface area contributed by atoms with E-state index in [1.165, 1.54) is 0 Å². The summed E-state index contributed by atoms with van der Waals surface area (Å²) in [4.78, 5) is 23.5. The van der Waals surface area contributed by atoms with E-state index in [4.69, 9.17) is 9.84 Å². The molecule has 0 fully saturated rings. The molecule has 0 radical (unpaired) electrons. The predicted molar refractivity (Wildman–Crippen MR) is 74.5 cm³/mol. The van der Waals surface area contributed by atoms with Gasteiger partial charge in [-0.05, 0) is 12.5 Å². The van der Waals surface area contributed by atoms with Gasteiger partial charge in [-0.15, -0.1) is 0 Å². The van der Waals surface area contributed by atoms with E-state index in [2.05, 4.69) is 5.32 Å². The zero-order chi connectivity index (χ0) is 15.0. The summed E-state index contributed by atoms with van der Waals surface area (Å²) in [7, 11) is 1.70. The van der Waals surface area contributed by atoms with E-state index in [1.807, 2.05) is 31.2 Å². The number of hydrogen-bond donors (Lipinski definition) is 2. The lowest BCUT2D eigenvalue weighted by Crippen LogP contribution is -2.38. The molecule has 1 aromatic rings. The van der Waals surface area contributed by atoms with Gasteiger partial charge < -0.3 is 20.1 Å². The number of urea groups is 1. The fourth-order valence-electron chi connectivity index (χ4n) is 1.68. The average molecular weight is 280 g/mol. The molecule has 0 aliphatic rings. The Kier molecular flexibility index (Phi) is 6.52. The Balaban J connectivity index is 2.27. The molecular weight excluding hydrogens is 260 g/mol. The maximum absolute atomic E-state index is 11.8. The first kappa shape index (κ1) is 16.0. The Labute approximate surface area is 118 Å². The Bertz CT molecular complexity index is 462. The monoisotopic (exact) mass is 280 g/mol. The van der Waals surface area contributed by atoms with Gasteiger partial charge in [0.15, 0.2) is 0 Å². The van der Waals surface area contributed by atoms with Crippen LogP contribution in [-0.2, 0) is 16.1 Å². The van der Waals surface area contributed by atoms with Crippen LogP contribution in [0.4, 0.5) is 4.79 Å². The summed E-state index contributed by atoms with van der Waals surface area (Å²) in [5.74, 6) is -1.02. The molecule has 2 amide bonds. The van der Waals surface area contributed by atoms with E-state index < -0.39 is 5.97 Å². The van der Waals surface area contributed by atoms with E-state index in [-0.39, 0.29) is 25.8 Å². The summed E-state index contributed by atoms with van der Waals surface area (Å²) in [5.41, 5.74) is 2.21. The van der Waals surface area contributed by atoms with Gasteiger partial charge in [0, 0.05) is 20.1 Å². The van der Waals surface area contributed by atoms with Crippen LogP contribution < -0.4 is 5.32 Å². The van der Waals surface area contributed by atoms with Gasteiger partial charge in [0.05, 0.1) is 6.61 Å². The highest BCUT2D eigenvalue weighted by Gasteiger charge is 2.08. The zero-order valence-electron chi connectivity index (χ0n) is 11.8. The molecule has 6 nitrogen and oxygen atoms in total. The third kappa shape index (κ3) is 6.19. The summed E-state index contributed by atoms with van der Waals surface area (Å²) in [6.45, 7) is 2.63. The number of aliphatic carboxylic acids is 1. The molecule has 0 aromatic heterocycles. The van der Waals surface area contributed by atoms with E-state index in [9.17, 15) is 9.59 Å². The lowest BCUT2D eigenvalue weighted by Gasteiger charge is -2.18. The van der Waals surface area contributed by atoms with Crippen LogP contribution in [0.3, 0.4) is 0 Å². The number of carbonyl (C=O) groups excluding carboxylic acids is 1. The second-order valence-corrected chi connectivity index (χ2v) is 4.52. The molecule has 0 unspecified atom stereocenters. The van der Waals surface area contributed by atoms with Gasteiger partial charge >= 0.3 is 12.0 Å². The molecular formula is C14H20N2O4. The molecule has 6 heteroatoms. The predicted octanol–water partition coefficient (Wildman–Crippen LogP) is 1.24. The highest BCUT2D eigenvalue weighted by molar-refractivity contribution is 5.73. The van der Waals surface area contributed by atoms with E-state index in [0.29, 0.717) is 6.54 Å². The lowest BCUT2D eigenvalue weighted by atomic mass is 10.1. The van der Waals surface area contributed by atoms with Crippen molar-refractivity contribution in [3.63, 3.8) is 0 Å². The van der Waals surface area contributed by atoms with Gasteiger partial charge in [-0.2, -0.15) is 0 Å². The molecule has 1 aromatic carbocycles. The molecule has 0 heterocycles. The second-order valence-electron chi connectivity index (χ2n) is 4.52. The molecule has 0 aliphatic heterocycles. The minimum Gasteiger partial charge on any atom is -0.480 e. The standard InChI is InChI=1S/C14H20N2O4/c1-11-4-3-5-12(8-11)9-16(2)14(19)15-6-7-20-10-13(17)18/h3-5,8H,6-7,9-10H2,1-2H3,(H,15,19)(H,17,18). The topological polar surface area (TPSA) is 78.9 Å². The van der Waals surface area contributed by atoms with Crippen LogP contribution in [0.1, 0.15) is 11.1 Å². The van der Waals surface area contributed by atoms with Crippen LogP contribution in [-0.4, -0.2) is 48.8 Å². The normalized spacial score (nSPS) is 10.1. The summed E-state index contributed by atoms with van der Waals surface area (Å²) in [6, 6.07) is 7.73. The third-order valence-corrected chi connectivity index (χ3v) is 2.60. The fraction of sp³-hybridized carbons (Fsp3) is 0.429. The first-order chi connectivity index (χ1) is 9.49. The SMILES string of the molecule is Cc1cccc(CN(C)C(=O)NCCOCC(=O)O)c1. The Morgan fingerprint density at radius 2 is 2.15 bits per heavy atom. The third-order valence-electron chi connectivity index (χ3n) is 2.60. The van der Waals surface area contributed by atoms with Crippen molar-refractivity contribution < 1.29 is 19.4 Å². The molecule has 0 saturated heterocycles. The van der Waals surface area contributed by atoms with Crippen LogP contribution in [0.15, 0.2) is 24.3 Å². The van der Waals surface area contributed by atoms with Gasteiger partial charge in [0.1, 0.15) is 6.61 Å². The quantitative estimate of drug-likeness (QED) is 0.736. The van der Waals surface area contributed by atoms with Crippen molar-refractivity contribution in [2.24, 2.45) is 0 Å². The summed E-state index contributed by atoms with van der Waals surface area (Å²) >= 11 is 0. The minimum absolute atomic E-state index is 0.177. The molecule has 110 valence electrons. The Hall–Kier alpha value is -2.08. The number of benzene rings is 1. The van der Waals surface area contributed by atoms with Gasteiger partial charge in [-0.3, -0.25) is 0 Å². The van der Waals surface area contributed by atoms with E-state index in [0.717, 1.165) is 11.1 Å². The molecule has 2 N–H and O–H groups in total. The van der Waals surface area contributed by atoms with Gasteiger partial charge in [-0.25, -0.2) is 9.59 Å². The van der Waals surface area contributed by atoms with Crippen LogP contribution in [0, 0.1) is 6.92 Å². The van der Waals surface area contributed by atoms with Crippen molar-refractivity contribution in [1.82, 2.24) is 10.2 Å². The maximum atomic E-state index is 11.8. The zero-order valence-corrected chi connectivity index (χ0v) is 11.8. The first-order valence-corrected chi connectivity index (χ1v) is 6.33. The van der Waals surface area contributed by atoms with Crippen LogP contribution in [0.5, 0.6) is 0 Å². The molecule has 1 rings (SSSR count). The fourth-order valence-corrected chi connectivity index (χ4v) is 1.68.